The molecule has 0 spiro atoms. The van der Waals surface area contributed by atoms with Gasteiger partial charge in [0.15, 0.2) is 6.39 Å². The Morgan fingerprint density at radius 2 is 2.19 bits per heavy atom. The lowest BCUT2D eigenvalue weighted by atomic mass is 10.1. The first-order valence-corrected chi connectivity index (χ1v) is 9.15. The van der Waals surface area contributed by atoms with E-state index in [0.29, 0.717) is 12.2 Å². The summed E-state index contributed by atoms with van der Waals surface area (Å²) in [5.41, 5.74) is 0. The van der Waals surface area contributed by atoms with Crippen molar-refractivity contribution in [3.63, 3.8) is 0 Å². The largest absolute Gasteiger partial charge is 0.487 e. The standard InChI is InChI=1S/C19H22FN3O4/c20-12-4-3-5-13(8-12)27-15-9-14(22-19(25)16-10-21-11-26-16)17(18(15)24)23-6-1-2-7-23/h3-5,8,10-11,14-15,17-18,24H,1-2,6-7,9H2,(H,22,25)/t14-,15-,17+,18+/m1/s1. The third-order valence-corrected chi connectivity index (χ3v) is 5.25. The number of halogens is 1. The number of hydrogen-bond donors (Lipinski definition) is 2. The van der Waals surface area contributed by atoms with Gasteiger partial charge in [-0.3, -0.25) is 9.69 Å². The molecule has 4 atom stereocenters. The van der Waals surface area contributed by atoms with Crippen LogP contribution in [0, 0.1) is 5.82 Å². The molecule has 144 valence electrons. The average Bonchev–Trinajstić information content (AvgIpc) is 3.38. The fourth-order valence-corrected chi connectivity index (χ4v) is 4.04. The number of hydrogen-bond acceptors (Lipinski definition) is 6. The van der Waals surface area contributed by atoms with Gasteiger partial charge in [-0.1, -0.05) is 6.07 Å². The molecule has 2 N–H and O–H groups in total. The minimum atomic E-state index is -0.800. The van der Waals surface area contributed by atoms with Crippen molar-refractivity contribution in [1.29, 1.82) is 0 Å². The van der Waals surface area contributed by atoms with Gasteiger partial charge in [0, 0.05) is 12.5 Å². The molecule has 27 heavy (non-hydrogen) atoms. The van der Waals surface area contributed by atoms with E-state index in [1.807, 2.05) is 0 Å². The monoisotopic (exact) mass is 375 g/mol. The molecule has 1 aliphatic carbocycles. The van der Waals surface area contributed by atoms with Crippen LogP contribution in [0.15, 0.2) is 41.3 Å². The SMILES string of the molecule is O=C(N[C@@H]1C[C@@H](Oc2cccc(F)c2)[C@H](O)[C@H]1N1CCCC1)c1cnco1. The van der Waals surface area contributed by atoms with E-state index in [0.717, 1.165) is 25.9 Å². The number of ether oxygens (including phenoxy) is 1. The molecule has 7 nitrogen and oxygen atoms in total. The van der Waals surface area contributed by atoms with Crippen LogP contribution in [-0.4, -0.2) is 58.3 Å². The van der Waals surface area contributed by atoms with Crippen molar-refractivity contribution >= 4 is 5.91 Å². The predicted octanol–water partition coefficient (Wildman–Crippen LogP) is 1.59. The second-order valence-corrected chi connectivity index (χ2v) is 7.02. The average molecular weight is 375 g/mol. The molecule has 8 heteroatoms. The highest BCUT2D eigenvalue weighted by molar-refractivity contribution is 5.91. The van der Waals surface area contributed by atoms with Gasteiger partial charge in [0.25, 0.3) is 5.91 Å². The lowest BCUT2D eigenvalue weighted by Crippen LogP contribution is -2.52. The number of likely N-dealkylation sites (tertiary alicyclic amines) is 1. The molecular weight excluding hydrogens is 353 g/mol. The van der Waals surface area contributed by atoms with E-state index in [1.54, 1.807) is 12.1 Å². The highest BCUT2D eigenvalue weighted by atomic mass is 19.1. The quantitative estimate of drug-likeness (QED) is 0.825. The summed E-state index contributed by atoms with van der Waals surface area (Å²) < 4.78 is 24.4. The van der Waals surface area contributed by atoms with Crippen molar-refractivity contribution in [3.8, 4) is 5.75 Å². The third-order valence-electron chi connectivity index (χ3n) is 5.25. The molecule has 2 heterocycles. The Bertz CT molecular complexity index is 779. The zero-order valence-electron chi connectivity index (χ0n) is 14.8. The molecule has 2 aromatic rings. The van der Waals surface area contributed by atoms with Crippen molar-refractivity contribution in [1.82, 2.24) is 15.2 Å². The smallest absolute Gasteiger partial charge is 0.288 e. The van der Waals surface area contributed by atoms with E-state index in [-0.39, 0.29) is 23.8 Å². The Kier molecular flexibility index (Phi) is 5.09. The summed E-state index contributed by atoms with van der Waals surface area (Å²) in [4.78, 5) is 18.3. The summed E-state index contributed by atoms with van der Waals surface area (Å²) in [6.07, 6.45) is 3.74. The maximum Gasteiger partial charge on any atom is 0.288 e. The number of aromatic nitrogens is 1. The van der Waals surface area contributed by atoms with E-state index < -0.39 is 18.0 Å². The van der Waals surface area contributed by atoms with Crippen LogP contribution in [0.5, 0.6) is 5.75 Å². The number of benzene rings is 1. The Morgan fingerprint density at radius 3 is 2.89 bits per heavy atom. The first-order chi connectivity index (χ1) is 13.1. The zero-order chi connectivity index (χ0) is 18.8. The second-order valence-electron chi connectivity index (χ2n) is 7.02. The maximum atomic E-state index is 13.4. The number of amides is 1. The summed E-state index contributed by atoms with van der Waals surface area (Å²) in [5.74, 6) is -0.285. The number of aliphatic hydroxyl groups excluding tert-OH is 1. The molecule has 1 saturated carbocycles. The van der Waals surface area contributed by atoms with Crippen LogP contribution in [-0.2, 0) is 0 Å². The number of carbonyl (C=O) groups excluding carboxylic acids is 1. The molecule has 1 amide bonds. The maximum absolute atomic E-state index is 13.4. The van der Waals surface area contributed by atoms with Gasteiger partial charge in [-0.15, -0.1) is 0 Å². The Morgan fingerprint density at radius 1 is 1.37 bits per heavy atom. The van der Waals surface area contributed by atoms with Gasteiger partial charge in [0.05, 0.1) is 18.3 Å². The number of rotatable bonds is 5. The molecule has 2 aliphatic rings. The van der Waals surface area contributed by atoms with Gasteiger partial charge in [0.1, 0.15) is 23.8 Å². The van der Waals surface area contributed by atoms with Crippen molar-refractivity contribution in [3.05, 3.63) is 48.4 Å². The highest BCUT2D eigenvalue weighted by Crippen LogP contribution is 2.31. The minimum Gasteiger partial charge on any atom is -0.487 e. The molecule has 1 aromatic heterocycles. The molecule has 4 rings (SSSR count). The minimum absolute atomic E-state index is 0.124. The Labute approximate surface area is 156 Å². The van der Waals surface area contributed by atoms with E-state index in [2.05, 4.69) is 15.2 Å². The van der Waals surface area contributed by atoms with Gasteiger partial charge < -0.3 is 19.6 Å². The Balaban J connectivity index is 1.51. The van der Waals surface area contributed by atoms with Crippen LogP contribution in [0.4, 0.5) is 4.39 Å². The van der Waals surface area contributed by atoms with Crippen molar-refractivity contribution in [2.45, 2.75) is 43.6 Å². The van der Waals surface area contributed by atoms with Gasteiger partial charge in [-0.2, -0.15) is 0 Å². The molecule has 2 fully saturated rings. The fourth-order valence-electron chi connectivity index (χ4n) is 4.04. The first kappa shape index (κ1) is 17.9. The number of nitrogens with zero attached hydrogens (tertiary/aromatic N) is 2. The summed E-state index contributed by atoms with van der Waals surface area (Å²) in [7, 11) is 0. The van der Waals surface area contributed by atoms with E-state index in [9.17, 15) is 14.3 Å². The van der Waals surface area contributed by atoms with Crippen molar-refractivity contribution < 1.29 is 23.4 Å². The Hall–Kier alpha value is -2.45. The first-order valence-electron chi connectivity index (χ1n) is 9.15. The van der Waals surface area contributed by atoms with Gasteiger partial charge >= 0.3 is 0 Å². The number of oxazole rings is 1. The van der Waals surface area contributed by atoms with Crippen LogP contribution in [0.3, 0.4) is 0 Å². The lowest BCUT2D eigenvalue weighted by molar-refractivity contribution is 0.0137. The molecule has 0 radical (unpaired) electrons. The van der Waals surface area contributed by atoms with Crippen LogP contribution in [0.25, 0.3) is 0 Å². The molecule has 1 saturated heterocycles. The van der Waals surface area contributed by atoms with Crippen molar-refractivity contribution in [2.75, 3.05) is 13.1 Å². The number of carbonyl (C=O) groups is 1. The second kappa shape index (κ2) is 7.66. The van der Waals surface area contributed by atoms with E-state index >= 15 is 0 Å². The summed E-state index contributed by atoms with van der Waals surface area (Å²) in [6.45, 7) is 1.73. The van der Waals surface area contributed by atoms with Crippen LogP contribution in [0.2, 0.25) is 0 Å². The van der Waals surface area contributed by atoms with E-state index in [4.69, 9.17) is 9.15 Å². The van der Waals surface area contributed by atoms with E-state index in [1.165, 1.54) is 24.7 Å². The van der Waals surface area contributed by atoms with Crippen LogP contribution >= 0.6 is 0 Å². The molecular formula is C19H22FN3O4. The lowest BCUT2D eigenvalue weighted by Gasteiger charge is -2.31. The number of aliphatic hydroxyl groups is 1. The summed E-state index contributed by atoms with van der Waals surface area (Å²) in [6, 6.07) is 5.27. The van der Waals surface area contributed by atoms with Gasteiger partial charge in [-0.25, -0.2) is 9.37 Å². The van der Waals surface area contributed by atoms with Crippen LogP contribution in [0.1, 0.15) is 29.8 Å². The topological polar surface area (TPSA) is 87.8 Å². The number of nitrogens with one attached hydrogen (secondary N) is 1. The summed E-state index contributed by atoms with van der Waals surface area (Å²) >= 11 is 0. The van der Waals surface area contributed by atoms with Crippen molar-refractivity contribution in [2.24, 2.45) is 0 Å². The highest BCUT2D eigenvalue weighted by Gasteiger charge is 2.48. The van der Waals surface area contributed by atoms with Gasteiger partial charge in [0.2, 0.25) is 5.76 Å². The molecule has 1 aromatic carbocycles. The molecule has 1 aliphatic heterocycles. The zero-order valence-corrected chi connectivity index (χ0v) is 14.8. The normalized spacial score (nSPS) is 28.4. The summed E-state index contributed by atoms with van der Waals surface area (Å²) in [5, 5.41) is 13.8. The molecule has 0 unspecified atom stereocenters. The van der Waals surface area contributed by atoms with Crippen LogP contribution < -0.4 is 10.1 Å². The third kappa shape index (κ3) is 3.81. The molecule has 0 bridgehead atoms. The predicted molar refractivity (Wildman–Crippen MR) is 93.8 cm³/mol. The fraction of sp³-hybridized carbons (Fsp3) is 0.474. The van der Waals surface area contributed by atoms with Gasteiger partial charge in [-0.05, 0) is 38.1 Å².